The van der Waals surface area contributed by atoms with Crippen molar-refractivity contribution < 1.29 is 23.8 Å². The van der Waals surface area contributed by atoms with Gasteiger partial charge in [-0.3, -0.25) is 9.48 Å². The summed E-state index contributed by atoms with van der Waals surface area (Å²) in [6.45, 7) is 1.24. The summed E-state index contributed by atoms with van der Waals surface area (Å²) in [5.41, 5.74) is 3.14. The first-order chi connectivity index (χ1) is 25.7. The summed E-state index contributed by atoms with van der Waals surface area (Å²) >= 11 is 5.51. The number of carboxylic acids is 1. The average molecular weight is 729 g/mol. The fraction of sp³-hybridized carbons (Fsp3) is 0.162. The maximum Gasteiger partial charge on any atom is 0.336 e. The van der Waals surface area contributed by atoms with Crippen molar-refractivity contribution in [3.05, 3.63) is 95.0 Å². The lowest BCUT2D eigenvalue weighted by atomic mass is 9.90. The Labute approximate surface area is 305 Å². The Morgan fingerprint density at radius 2 is 1.79 bits per heavy atom. The minimum Gasteiger partial charge on any atom is -0.872 e. The monoisotopic (exact) mass is 728 g/mol. The molecule has 4 aromatic heterocycles. The number of anilines is 2. The molecule has 266 valence electrons. The molecular formula is C37H30N9O6S-. The molecule has 0 bridgehead atoms. The van der Waals surface area contributed by atoms with Gasteiger partial charge in [-0.15, -0.1) is 10.8 Å². The van der Waals surface area contributed by atoms with Crippen molar-refractivity contribution in [2.75, 3.05) is 23.7 Å². The fourth-order valence-electron chi connectivity index (χ4n) is 6.29. The number of aromatic nitrogens is 6. The topological polar surface area (TPSA) is 201 Å². The molecule has 0 fully saturated rings. The Morgan fingerprint density at radius 3 is 2.62 bits per heavy atom. The van der Waals surface area contributed by atoms with Gasteiger partial charge in [0.1, 0.15) is 11.3 Å². The van der Waals surface area contributed by atoms with Crippen molar-refractivity contribution in [2.45, 2.75) is 19.3 Å². The highest BCUT2D eigenvalue weighted by molar-refractivity contribution is 7.80. The first-order valence-corrected chi connectivity index (χ1v) is 17.1. The van der Waals surface area contributed by atoms with Gasteiger partial charge in [-0.05, 0) is 79.5 Å². The van der Waals surface area contributed by atoms with Gasteiger partial charge in [0.05, 0.1) is 17.2 Å². The number of furan rings is 1. The van der Waals surface area contributed by atoms with Crippen LogP contribution in [0.4, 0.5) is 11.6 Å². The number of hydrogen-bond donors (Lipinski definition) is 4. The smallest absolute Gasteiger partial charge is 0.336 e. The van der Waals surface area contributed by atoms with Crippen LogP contribution >= 0.6 is 12.2 Å². The average Bonchev–Trinajstić information content (AvgIpc) is 3.90. The van der Waals surface area contributed by atoms with Crippen molar-refractivity contribution in [1.29, 1.82) is 0 Å². The summed E-state index contributed by atoms with van der Waals surface area (Å²) in [5, 5.41) is 42.7. The second-order valence-corrected chi connectivity index (χ2v) is 12.8. The van der Waals surface area contributed by atoms with Crippen LogP contribution in [0.3, 0.4) is 0 Å². The van der Waals surface area contributed by atoms with Crippen LogP contribution in [-0.4, -0.2) is 58.6 Å². The zero-order chi connectivity index (χ0) is 36.6. The van der Waals surface area contributed by atoms with E-state index < -0.39 is 5.97 Å². The van der Waals surface area contributed by atoms with E-state index in [-0.39, 0.29) is 28.1 Å². The molecule has 15 nitrogen and oxygen atoms in total. The Hall–Kier alpha value is -6.81. The molecule has 2 aromatic carbocycles. The van der Waals surface area contributed by atoms with Gasteiger partial charge in [0, 0.05) is 54.6 Å². The number of rotatable bonds is 11. The zero-order valence-corrected chi connectivity index (χ0v) is 28.9. The molecule has 0 spiro atoms. The maximum atomic E-state index is 12.5. The van der Waals surface area contributed by atoms with E-state index in [0.717, 1.165) is 24.6 Å². The number of aryl methyl sites for hydroxylation is 1. The van der Waals surface area contributed by atoms with Gasteiger partial charge in [0.15, 0.2) is 27.6 Å². The predicted molar refractivity (Wildman–Crippen MR) is 200 cm³/mol. The number of carboxylic acid groups (broad SMARTS) is 1. The summed E-state index contributed by atoms with van der Waals surface area (Å²) in [5.74, 6) is 0.367. The number of thiocarbonyl (C=S) groups is 1. The van der Waals surface area contributed by atoms with Crippen LogP contribution in [0.1, 0.15) is 29.6 Å². The number of benzene rings is 3. The lowest BCUT2D eigenvalue weighted by molar-refractivity contribution is -0.268. The number of hydrogen-bond acceptors (Lipinski definition) is 11. The van der Waals surface area contributed by atoms with Crippen molar-refractivity contribution in [3.63, 3.8) is 0 Å². The molecule has 1 aliphatic carbocycles. The quantitative estimate of drug-likeness (QED) is 0.0740. The highest BCUT2D eigenvalue weighted by atomic mass is 32.1. The van der Waals surface area contributed by atoms with E-state index in [4.69, 9.17) is 21.1 Å². The first-order valence-electron chi connectivity index (χ1n) is 16.7. The molecule has 5 heterocycles. The van der Waals surface area contributed by atoms with Gasteiger partial charge < -0.3 is 35.0 Å². The van der Waals surface area contributed by atoms with Crippen LogP contribution in [0.2, 0.25) is 0 Å². The minimum absolute atomic E-state index is 0.00791. The molecule has 6 aromatic rings. The molecule has 0 saturated carbocycles. The summed E-state index contributed by atoms with van der Waals surface area (Å²) in [6, 6.07) is 17.1. The van der Waals surface area contributed by atoms with Crippen molar-refractivity contribution >= 4 is 62.6 Å². The Balaban J connectivity index is 0.895. The SMILES string of the molecule is Cn1cc2c(nc(NCCCCCNC(=S)Nc3ccc(-c4c5ccc(=O)cc-5oc5cc([O-])ccc45)c(C(=O)O)c3)n3nc(-c4ccco4)nc23)n1. The molecule has 0 saturated heterocycles. The fourth-order valence-corrected chi connectivity index (χ4v) is 6.51. The highest BCUT2D eigenvalue weighted by Crippen LogP contribution is 2.42. The first kappa shape index (κ1) is 33.3. The molecule has 2 aliphatic rings. The second kappa shape index (κ2) is 13.7. The molecule has 8 rings (SSSR count). The standard InChI is InChI=1S/C37H31N9O6S/c1-45-19-27-32(43-45)42-36(46-34(27)41-33(44-46)28-6-5-15-51-28)38-13-3-2-4-14-39-37(53)40-20-7-10-23(26(16-20)35(49)50)31-24-11-8-21(47)17-29(24)52-30-18-22(48)9-12-25(30)31/h5-12,15-19,47H,2-4,13-14H2,1H3,(H,49,50)(H,38,42,43)(H2,39,40,53)/p-1. The molecule has 4 N–H and O–H groups in total. The summed E-state index contributed by atoms with van der Waals surface area (Å²) in [4.78, 5) is 34.0. The number of carbonyl (C=O) groups is 1. The van der Waals surface area contributed by atoms with Crippen LogP contribution in [0.15, 0.2) is 92.8 Å². The minimum atomic E-state index is -1.16. The van der Waals surface area contributed by atoms with Crippen molar-refractivity contribution in [2.24, 2.45) is 7.05 Å². The third-order valence-corrected chi connectivity index (χ3v) is 8.92. The van der Waals surface area contributed by atoms with Gasteiger partial charge >= 0.3 is 5.97 Å². The van der Waals surface area contributed by atoms with Crippen LogP contribution in [0, 0.1) is 0 Å². The van der Waals surface area contributed by atoms with Crippen LogP contribution < -0.4 is 26.5 Å². The van der Waals surface area contributed by atoms with Gasteiger partial charge in [-0.25, -0.2) is 9.78 Å². The molecule has 1 aliphatic heterocycles. The molecular weight excluding hydrogens is 699 g/mol. The lowest BCUT2D eigenvalue weighted by Crippen LogP contribution is -2.29. The number of nitrogens with zero attached hydrogens (tertiary/aromatic N) is 6. The van der Waals surface area contributed by atoms with Crippen LogP contribution in [-0.2, 0) is 7.05 Å². The summed E-state index contributed by atoms with van der Waals surface area (Å²) < 4.78 is 14.7. The van der Waals surface area contributed by atoms with Gasteiger partial charge in [0.2, 0.25) is 11.8 Å². The van der Waals surface area contributed by atoms with Gasteiger partial charge in [0.25, 0.3) is 0 Å². The lowest BCUT2D eigenvalue weighted by Gasteiger charge is -2.18. The van der Waals surface area contributed by atoms with E-state index in [1.165, 1.54) is 30.3 Å². The third-order valence-electron chi connectivity index (χ3n) is 8.68. The van der Waals surface area contributed by atoms with Crippen LogP contribution in [0.25, 0.3) is 61.7 Å². The van der Waals surface area contributed by atoms with Crippen molar-refractivity contribution in [1.82, 2.24) is 34.7 Å². The zero-order valence-electron chi connectivity index (χ0n) is 28.1. The van der Waals surface area contributed by atoms with E-state index in [9.17, 15) is 19.8 Å². The molecule has 0 atom stereocenters. The molecule has 0 unspecified atom stereocenters. The molecule has 0 amide bonds. The predicted octanol–water partition coefficient (Wildman–Crippen LogP) is 5.49. The number of fused-ring (bicyclic) bond motifs is 5. The van der Waals surface area contributed by atoms with E-state index in [0.29, 0.717) is 74.8 Å². The normalized spacial score (nSPS) is 11.5. The number of aromatic carboxylic acids is 1. The largest absolute Gasteiger partial charge is 0.872 e. The van der Waals surface area contributed by atoms with E-state index in [1.54, 1.807) is 51.9 Å². The van der Waals surface area contributed by atoms with Crippen LogP contribution in [0.5, 0.6) is 5.75 Å². The highest BCUT2D eigenvalue weighted by Gasteiger charge is 2.22. The molecule has 0 radical (unpaired) electrons. The van der Waals surface area contributed by atoms with E-state index in [1.807, 2.05) is 13.2 Å². The Bertz CT molecular complexity index is 2700. The Morgan fingerprint density at radius 1 is 0.943 bits per heavy atom. The molecule has 16 heteroatoms. The second-order valence-electron chi connectivity index (χ2n) is 12.4. The van der Waals surface area contributed by atoms with Gasteiger partial charge in [-0.2, -0.15) is 14.6 Å². The summed E-state index contributed by atoms with van der Waals surface area (Å²) in [7, 11) is 1.83. The number of nitrogens with one attached hydrogen (secondary N) is 3. The number of unbranched alkanes of at least 4 members (excludes halogenated alkanes) is 2. The van der Waals surface area contributed by atoms with E-state index in [2.05, 4.69) is 36.1 Å². The summed E-state index contributed by atoms with van der Waals surface area (Å²) in [6.07, 6.45) is 5.99. The Kier molecular flexibility index (Phi) is 8.63. The van der Waals surface area contributed by atoms with Gasteiger partial charge in [-0.1, -0.05) is 18.2 Å². The molecule has 53 heavy (non-hydrogen) atoms. The van der Waals surface area contributed by atoms with Crippen molar-refractivity contribution in [3.8, 4) is 39.8 Å². The maximum absolute atomic E-state index is 12.5. The third kappa shape index (κ3) is 6.58. The van der Waals surface area contributed by atoms with E-state index >= 15 is 0 Å².